The molecule has 192 valence electrons. The number of nitrogens with one attached hydrogen (secondary N) is 1. The average Bonchev–Trinajstić information content (AvgIpc) is 3.07. The maximum absolute atomic E-state index is 13.1. The van der Waals surface area contributed by atoms with Crippen LogP contribution >= 0.6 is 11.6 Å². The molecule has 0 radical (unpaired) electrons. The molecule has 1 amide bonds. The van der Waals surface area contributed by atoms with Gasteiger partial charge in [-0.3, -0.25) is 4.79 Å². The number of nitrogens with zero attached hydrogens (tertiary/aromatic N) is 4. The Morgan fingerprint density at radius 2 is 1.97 bits per heavy atom. The summed E-state index contributed by atoms with van der Waals surface area (Å²) in [6.07, 6.45) is -2.61. The first-order valence-electron chi connectivity index (χ1n) is 11.4. The van der Waals surface area contributed by atoms with Crippen molar-refractivity contribution in [3.8, 4) is 11.9 Å². The van der Waals surface area contributed by atoms with E-state index in [1.54, 1.807) is 19.1 Å². The molecular formula is C24H25ClF3N5O3. The lowest BCUT2D eigenvalue weighted by molar-refractivity contribution is -0.254. The van der Waals surface area contributed by atoms with E-state index in [1.165, 1.54) is 17.3 Å². The number of fused-ring (bicyclic) bond motifs is 2. The normalized spacial score (nSPS) is 23.1. The largest absolute Gasteiger partial charge is 0.474 e. The Labute approximate surface area is 211 Å². The van der Waals surface area contributed by atoms with Crippen LogP contribution in [0, 0.1) is 18.3 Å². The summed E-state index contributed by atoms with van der Waals surface area (Å²) in [5.74, 6) is 0.116. The van der Waals surface area contributed by atoms with Gasteiger partial charge in [-0.25, -0.2) is 9.97 Å². The second-order valence-electron chi connectivity index (χ2n) is 9.43. The number of ether oxygens (including phenoxy) is 1. The van der Waals surface area contributed by atoms with E-state index < -0.39 is 24.1 Å². The highest BCUT2D eigenvalue weighted by atomic mass is 35.5. The highest BCUT2D eigenvalue weighted by molar-refractivity contribution is 6.33. The topological polar surface area (TPSA) is 111 Å². The predicted octanol–water partition coefficient (Wildman–Crippen LogP) is 4.66. The van der Waals surface area contributed by atoms with Crippen LogP contribution in [0.15, 0.2) is 24.5 Å². The van der Waals surface area contributed by atoms with Crippen molar-refractivity contribution < 1.29 is 27.8 Å². The van der Waals surface area contributed by atoms with Crippen LogP contribution in [0.3, 0.4) is 0 Å². The molecule has 3 atom stereocenters. The minimum atomic E-state index is -4.89. The summed E-state index contributed by atoms with van der Waals surface area (Å²) in [7, 11) is 0. The van der Waals surface area contributed by atoms with Crippen LogP contribution in [0.4, 0.5) is 24.7 Å². The number of anilines is 2. The number of hydrogen-bond acceptors (Lipinski definition) is 7. The van der Waals surface area contributed by atoms with E-state index in [1.807, 2.05) is 6.07 Å². The standard InChI is InChI=1S/C24H25ClF3N5O3/c1-13-21(32-19-6-3-14(11-29)7-18(19)25)30-12-31-22(13)36-17-8-15-4-5-16(9-17)33(15)20(34)10-23(2,35)24(26,27)28/h3,6-7,12,15-17,35H,4-5,8-10H2,1-2H3,(H,30,31,32). The number of rotatable bonds is 6. The molecule has 1 aromatic carbocycles. The highest BCUT2D eigenvalue weighted by Crippen LogP contribution is 2.40. The van der Waals surface area contributed by atoms with E-state index >= 15 is 0 Å². The molecule has 1 aromatic heterocycles. The first-order valence-corrected chi connectivity index (χ1v) is 11.8. The van der Waals surface area contributed by atoms with Crippen LogP contribution in [0.5, 0.6) is 5.88 Å². The molecule has 2 fully saturated rings. The quantitative estimate of drug-likeness (QED) is 0.566. The van der Waals surface area contributed by atoms with Crippen molar-refractivity contribution in [2.75, 3.05) is 5.32 Å². The summed E-state index contributed by atoms with van der Waals surface area (Å²) in [4.78, 5) is 22.7. The third kappa shape index (κ3) is 5.20. The van der Waals surface area contributed by atoms with Crippen molar-refractivity contribution in [3.63, 3.8) is 0 Å². The number of aromatic nitrogens is 2. The van der Waals surface area contributed by atoms with Crippen LogP contribution in [0.1, 0.15) is 50.2 Å². The fraction of sp³-hybridized carbons (Fsp3) is 0.500. The highest BCUT2D eigenvalue weighted by Gasteiger charge is 2.53. The number of carbonyl (C=O) groups excluding carboxylic acids is 1. The van der Waals surface area contributed by atoms with Gasteiger partial charge in [-0.2, -0.15) is 18.4 Å². The lowest BCUT2D eigenvalue weighted by atomic mass is 9.96. The van der Waals surface area contributed by atoms with E-state index in [-0.39, 0.29) is 18.2 Å². The summed E-state index contributed by atoms with van der Waals surface area (Å²) in [5.41, 5.74) is -1.46. The molecule has 12 heteroatoms. The molecule has 3 unspecified atom stereocenters. The maximum Gasteiger partial charge on any atom is 0.417 e. The number of amides is 1. The van der Waals surface area contributed by atoms with E-state index in [9.17, 15) is 23.1 Å². The second-order valence-corrected chi connectivity index (χ2v) is 9.84. The third-order valence-corrected chi connectivity index (χ3v) is 7.06. The van der Waals surface area contributed by atoms with Gasteiger partial charge >= 0.3 is 6.18 Å². The monoisotopic (exact) mass is 523 g/mol. The zero-order chi connectivity index (χ0) is 26.3. The van der Waals surface area contributed by atoms with Crippen LogP contribution in [0.25, 0.3) is 0 Å². The zero-order valence-corrected chi connectivity index (χ0v) is 20.4. The van der Waals surface area contributed by atoms with Gasteiger partial charge in [0.2, 0.25) is 11.8 Å². The lowest BCUT2D eigenvalue weighted by Crippen LogP contribution is -2.53. The van der Waals surface area contributed by atoms with E-state index in [0.717, 1.165) is 0 Å². The van der Waals surface area contributed by atoms with Crippen LogP contribution in [-0.4, -0.2) is 55.8 Å². The molecule has 2 saturated heterocycles. The van der Waals surface area contributed by atoms with Gasteiger partial charge in [0.1, 0.15) is 18.2 Å². The molecule has 2 aliphatic rings. The molecule has 0 saturated carbocycles. The Kier molecular flexibility index (Phi) is 7.03. The molecule has 0 aliphatic carbocycles. The van der Waals surface area contributed by atoms with Gasteiger partial charge in [-0.05, 0) is 44.9 Å². The minimum absolute atomic E-state index is 0.262. The number of aliphatic hydroxyl groups is 1. The number of benzene rings is 1. The average molecular weight is 524 g/mol. The van der Waals surface area contributed by atoms with E-state index in [4.69, 9.17) is 21.6 Å². The van der Waals surface area contributed by atoms with Gasteiger partial charge in [0.15, 0.2) is 5.60 Å². The van der Waals surface area contributed by atoms with Crippen molar-refractivity contribution in [1.29, 1.82) is 5.26 Å². The van der Waals surface area contributed by atoms with Crippen LogP contribution < -0.4 is 10.1 Å². The van der Waals surface area contributed by atoms with Gasteiger partial charge in [-0.1, -0.05) is 11.6 Å². The van der Waals surface area contributed by atoms with E-state index in [2.05, 4.69) is 15.3 Å². The number of piperidine rings is 1. The molecule has 2 aliphatic heterocycles. The summed E-state index contributed by atoms with van der Waals surface area (Å²) >= 11 is 6.25. The van der Waals surface area contributed by atoms with Gasteiger partial charge < -0.3 is 20.1 Å². The Morgan fingerprint density at radius 3 is 2.56 bits per heavy atom. The first-order chi connectivity index (χ1) is 16.9. The molecule has 4 rings (SSSR count). The first kappa shape index (κ1) is 26.0. The van der Waals surface area contributed by atoms with Crippen molar-refractivity contribution in [2.45, 2.75) is 75.9 Å². The number of carbonyl (C=O) groups is 1. The molecule has 2 bridgehead atoms. The molecule has 0 spiro atoms. The lowest BCUT2D eigenvalue weighted by Gasteiger charge is -2.40. The van der Waals surface area contributed by atoms with Crippen molar-refractivity contribution in [3.05, 3.63) is 40.7 Å². The second kappa shape index (κ2) is 9.75. The van der Waals surface area contributed by atoms with Crippen LogP contribution in [-0.2, 0) is 4.79 Å². The van der Waals surface area contributed by atoms with Gasteiger partial charge in [-0.15, -0.1) is 0 Å². The summed E-state index contributed by atoms with van der Waals surface area (Å²) in [5, 5.41) is 22.2. The van der Waals surface area contributed by atoms with Crippen molar-refractivity contribution in [1.82, 2.24) is 14.9 Å². The number of hydrogen-bond donors (Lipinski definition) is 2. The molecule has 2 aromatic rings. The van der Waals surface area contributed by atoms with Gasteiger partial charge in [0, 0.05) is 24.9 Å². The van der Waals surface area contributed by atoms with Crippen molar-refractivity contribution in [2.24, 2.45) is 0 Å². The molecule has 8 nitrogen and oxygen atoms in total. The summed E-state index contributed by atoms with van der Waals surface area (Å²) in [6, 6.07) is 6.33. The predicted molar refractivity (Wildman–Crippen MR) is 125 cm³/mol. The Morgan fingerprint density at radius 1 is 1.31 bits per heavy atom. The van der Waals surface area contributed by atoms with Gasteiger partial charge in [0.05, 0.1) is 34.3 Å². The molecule has 36 heavy (non-hydrogen) atoms. The molecular weight excluding hydrogens is 499 g/mol. The number of halogens is 4. The Hall–Kier alpha value is -3.10. The van der Waals surface area contributed by atoms with Crippen molar-refractivity contribution >= 4 is 29.0 Å². The summed E-state index contributed by atoms with van der Waals surface area (Å²) in [6.45, 7) is 2.40. The number of alkyl halides is 3. The Balaban J connectivity index is 1.43. The zero-order valence-electron chi connectivity index (χ0n) is 19.6. The molecule has 2 N–H and O–H groups in total. The smallest absolute Gasteiger partial charge is 0.417 e. The summed E-state index contributed by atoms with van der Waals surface area (Å²) < 4.78 is 45.3. The van der Waals surface area contributed by atoms with Gasteiger partial charge in [0.25, 0.3) is 0 Å². The Bertz CT molecular complexity index is 1190. The van der Waals surface area contributed by atoms with E-state index in [0.29, 0.717) is 66.1 Å². The third-order valence-electron chi connectivity index (χ3n) is 6.75. The number of nitriles is 1. The minimum Gasteiger partial charge on any atom is -0.474 e. The maximum atomic E-state index is 13.1. The molecule has 3 heterocycles. The fourth-order valence-electron chi connectivity index (χ4n) is 4.77. The SMILES string of the molecule is Cc1c(Nc2ccc(C#N)cc2Cl)ncnc1OC1CC2CCC(C1)N2C(=O)CC(C)(O)C(F)(F)F. The van der Waals surface area contributed by atoms with Crippen LogP contribution in [0.2, 0.25) is 5.02 Å². The fourth-order valence-corrected chi connectivity index (χ4v) is 4.99.